The molecular formula is C11H12N4OS. The molecule has 0 aromatic rings. The van der Waals surface area contributed by atoms with Crippen molar-refractivity contribution in [3.8, 4) is 11.4 Å². The summed E-state index contributed by atoms with van der Waals surface area (Å²) in [7, 11) is 0. The van der Waals surface area contributed by atoms with E-state index in [1.165, 1.54) is 11.8 Å². The minimum atomic E-state index is 0.00727. The Balaban J connectivity index is 2.38. The molecule has 88 valence electrons. The molecule has 0 atom stereocenters. The molecule has 3 aliphatic heterocycles. The van der Waals surface area contributed by atoms with Crippen LogP contribution >= 0.6 is 11.8 Å². The lowest BCUT2D eigenvalue weighted by atomic mass is 10.1. The first-order chi connectivity index (χ1) is 8.11. The van der Waals surface area contributed by atoms with Crippen molar-refractivity contribution < 1.29 is 4.79 Å². The van der Waals surface area contributed by atoms with Crippen LogP contribution in [-0.4, -0.2) is 26.7 Å². The van der Waals surface area contributed by atoms with Gasteiger partial charge in [-0.1, -0.05) is 11.8 Å². The second-order valence-corrected chi connectivity index (χ2v) is 4.88. The Morgan fingerprint density at radius 1 is 1.35 bits per heavy atom. The third-order valence-corrected chi connectivity index (χ3v) is 3.77. The number of hydrogen-bond donors (Lipinski definition) is 1. The van der Waals surface area contributed by atoms with Crippen LogP contribution in [0.1, 0.15) is 11.3 Å². The van der Waals surface area contributed by atoms with Gasteiger partial charge in [0.1, 0.15) is 12.4 Å². The Kier molecular flexibility index (Phi) is 2.16. The summed E-state index contributed by atoms with van der Waals surface area (Å²) in [6.45, 7) is 4.32. The molecule has 6 heteroatoms. The molecule has 0 aromatic heterocycles. The number of thioether (sulfide) groups is 1. The first-order valence-electron chi connectivity index (χ1n) is 5.33. The van der Waals surface area contributed by atoms with Gasteiger partial charge in [-0.2, -0.15) is 0 Å². The summed E-state index contributed by atoms with van der Waals surface area (Å²) in [5.41, 5.74) is 3.02. The lowest BCUT2D eigenvalue weighted by molar-refractivity contribution is -0.115. The van der Waals surface area contributed by atoms with Crippen LogP contribution in [0.15, 0.2) is 5.16 Å². The lowest BCUT2D eigenvalue weighted by Gasteiger charge is -2.12. The van der Waals surface area contributed by atoms with Crippen molar-refractivity contribution >= 4 is 23.5 Å². The van der Waals surface area contributed by atoms with Crippen LogP contribution in [0.5, 0.6) is 0 Å². The van der Waals surface area contributed by atoms with E-state index < -0.39 is 0 Å². The van der Waals surface area contributed by atoms with Crippen LogP contribution < -0.4 is 5.32 Å². The Hall–Kier alpha value is -1.56. The van der Waals surface area contributed by atoms with Crippen molar-refractivity contribution in [2.45, 2.75) is 25.5 Å². The van der Waals surface area contributed by atoms with Gasteiger partial charge in [-0.05, 0) is 25.7 Å². The van der Waals surface area contributed by atoms with Gasteiger partial charge in [0, 0.05) is 5.69 Å². The minimum Gasteiger partial charge on any atom is -0.310 e. The molecule has 1 N–H and O–H groups in total. The second-order valence-electron chi connectivity index (χ2n) is 4.10. The molecule has 0 aromatic carbocycles. The Morgan fingerprint density at radius 3 is 2.82 bits per heavy atom. The molecule has 3 heterocycles. The van der Waals surface area contributed by atoms with E-state index in [1.807, 2.05) is 24.7 Å². The maximum atomic E-state index is 11.5. The first-order valence-corrected chi connectivity index (χ1v) is 6.55. The molecule has 3 rings (SSSR count). The van der Waals surface area contributed by atoms with Crippen LogP contribution in [0, 0.1) is 13.8 Å². The topological polar surface area (TPSA) is 59.8 Å². The third kappa shape index (κ3) is 1.37. The number of fused-ring (bicyclic) bond motifs is 3. The van der Waals surface area contributed by atoms with Crippen molar-refractivity contribution in [2.24, 2.45) is 0 Å². The summed E-state index contributed by atoms with van der Waals surface area (Å²) in [6.07, 6.45) is 1.95. The van der Waals surface area contributed by atoms with E-state index in [-0.39, 0.29) is 5.91 Å². The van der Waals surface area contributed by atoms with Gasteiger partial charge in [-0.25, -0.2) is 9.97 Å². The standard InChI is InChI=1S/C11H12N4OS/c1-5-6(2)12-9-8(5)10-13-7(16)4-15(10)11(14-9)17-3/h4H2,1-3H3,(H,13,16). The molecule has 0 fully saturated rings. The van der Waals surface area contributed by atoms with Gasteiger partial charge < -0.3 is 5.32 Å². The number of nitrogens with one attached hydrogen (secondary N) is 1. The molecule has 0 saturated carbocycles. The summed E-state index contributed by atoms with van der Waals surface area (Å²) < 4.78 is 1.92. The average molecular weight is 248 g/mol. The number of aryl methyl sites for hydroxylation is 1. The molecule has 0 spiro atoms. The highest BCUT2D eigenvalue weighted by Crippen LogP contribution is 2.37. The normalized spacial score (nSPS) is 14.2. The molecule has 5 nitrogen and oxygen atoms in total. The molecule has 0 aliphatic carbocycles. The number of carbonyl (C=O) groups is 1. The van der Waals surface area contributed by atoms with Crippen LogP contribution in [0.3, 0.4) is 0 Å². The van der Waals surface area contributed by atoms with Gasteiger partial charge >= 0.3 is 0 Å². The maximum Gasteiger partial charge on any atom is 0.245 e. The predicted molar refractivity (Wildman–Crippen MR) is 66.5 cm³/mol. The summed E-state index contributed by atoms with van der Waals surface area (Å²) in [4.78, 5) is 20.5. The number of anilines is 1. The van der Waals surface area contributed by atoms with Gasteiger partial charge in [0.25, 0.3) is 0 Å². The fourth-order valence-electron chi connectivity index (χ4n) is 2.14. The third-order valence-electron chi connectivity index (χ3n) is 3.10. The molecule has 17 heavy (non-hydrogen) atoms. The molecule has 0 bridgehead atoms. The van der Waals surface area contributed by atoms with E-state index in [1.54, 1.807) is 0 Å². The van der Waals surface area contributed by atoms with Gasteiger partial charge in [0.05, 0.1) is 5.56 Å². The Labute approximate surface area is 103 Å². The van der Waals surface area contributed by atoms with Crippen molar-refractivity contribution in [1.29, 1.82) is 0 Å². The Bertz CT molecular complexity index is 604. The quantitative estimate of drug-likeness (QED) is 0.616. The predicted octanol–water partition coefficient (Wildman–Crippen LogP) is 1.67. The van der Waals surface area contributed by atoms with E-state index in [9.17, 15) is 4.79 Å². The number of nitrogens with zero attached hydrogens (tertiary/aromatic N) is 3. The van der Waals surface area contributed by atoms with E-state index >= 15 is 0 Å². The SMILES string of the molecule is CSc1nc2nc(C)c(C)c-2c2n1CC(=O)N2. The molecule has 3 aliphatic rings. The van der Waals surface area contributed by atoms with Gasteiger partial charge in [-0.3, -0.25) is 9.36 Å². The summed E-state index contributed by atoms with van der Waals surface area (Å²) in [5.74, 6) is 1.56. The van der Waals surface area contributed by atoms with Crippen molar-refractivity contribution in [1.82, 2.24) is 14.5 Å². The number of aromatic nitrogens is 3. The van der Waals surface area contributed by atoms with Crippen molar-refractivity contribution in [3.05, 3.63) is 11.3 Å². The molecule has 0 unspecified atom stereocenters. The highest BCUT2D eigenvalue weighted by molar-refractivity contribution is 7.98. The van der Waals surface area contributed by atoms with Gasteiger partial charge in [0.15, 0.2) is 11.0 Å². The number of carbonyl (C=O) groups excluding carboxylic acids is 1. The van der Waals surface area contributed by atoms with Gasteiger partial charge in [0.2, 0.25) is 5.91 Å². The summed E-state index contributed by atoms with van der Waals surface area (Å²) in [5, 5.41) is 3.72. The zero-order chi connectivity index (χ0) is 12.2. The second kappa shape index (κ2) is 3.46. The molecule has 0 radical (unpaired) electrons. The van der Waals surface area contributed by atoms with E-state index in [0.717, 1.165) is 33.6 Å². The number of rotatable bonds is 1. The van der Waals surface area contributed by atoms with Crippen LogP contribution in [0.4, 0.5) is 5.82 Å². The monoisotopic (exact) mass is 248 g/mol. The summed E-state index contributed by atoms with van der Waals surface area (Å²) in [6, 6.07) is 0. The van der Waals surface area contributed by atoms with Crippen molar-refractivity contribution in [2.75, 3.05) is 11.6 Å². The summed E-state index contributed by atoms with van der Waals surface area (Å²) >= 11 is 1.53. The molecule has 1 amide bonds. The van der Waals surface area contributed by atoms with Crippen LogP contribution in [-0.2, 0) is 11.3 Å². The van der Waals surface area contributed by atoms with Crippen LogP contribution in [0.25, 0.3) is 11.4 Å². The van der Waals surface area contributed by atoms with E-state index in [4.69, 9.17) is 0 Å². The van der Waals surface area contributed by atoms with Crippen molar-refractivity contribution in [3.63, 3.8) is 0 Å². The zero-order valence-electron chi connectivity index (χ0n) is 9.87. The minimum absolute atomic E-state index is 0.00727. The molecule has 0 saturated heterocycles. The number of hydrogen-bond acceptors (Lipinski definition) is 4. The fraction of sp³-hybridized carbons (Fsp3) is 0.364. The van der Waals surface area contributed by atoms with Crippen LogP contribution in [0.2, 0.25) is 0 Å². The molecular weight excluding hydrogens is 236 g/mol. The smallest absolute Gasteiger partial charge is 0.245 e. The maximum absolute atomic E-state index is 11.5. The number of amides is 1. The zero-order valence-corrected chi connectivity index (χ0v) is 10.7. The first kappa shape index (κ1) is 10.6. The highest BCUT2D eigenvalue weighted by atomic mass is 32.2. The largest absolute Gasteiger partial charge is 0.310 e. The van der Waals surface area contributed by atoms with Gasteiger partial charge in [-0.15, -0.1) is 0 Å². The van der Waals surface area contributed by atoms with E-state index in [2.05, 4.69) is 15.3 Å². The Morgan fingerprint density at radius 2 is 2.12 bits per heavy atom. The lowest BCUT2D eigenvalue weighted by Crippen LogP contribution is -2.05. The fourth-order valence-corrected chi connectivity index (χ4v) is 2.69. The average Bonchev–Trinajstić information content (AvgIpc) is 2.79. The highest BCUT2D eigenvalue weighted by Gasteiger charge is 2.29. The van der Waals surface area contributed by atoms with E-state index in [0.29, 0.717) is 6.54 Å².